The first-order chi connectivity index (χ1) is 11.3. The Hall–Kier alpha value is -2.39. The van der Waals surface area contributed by atoms with Crippen molar-refractivity contribution in [2.45, 2.75) is 14.7 Å². The lowest BCUT2D eigenvalue weighted by Crippen LogP contribution is -2.05. The smallest absolute Gasteiger partial charge is 0.173 e. The third kappa shape index (κ3) is 3.51. The summed E-state index contributed by atoms with van der Waals surface area (Å²) in [5, 5.41) is 0. The Morgan fingerprint density at radius 3 is 1.39 bits per heavy atom. The van der Waals surface area contributed by atoms with E-state index in [2.05, 4.69) is 60.7 Å². The normalized spacial score (nSPS) is 10.6. The van der Waals surface area contributed by atoms with Gasteiger partial charge in [-0.1, -0.05) is 36.4 Å². The van der Waals surface area contributed by atoms with Crippen LogP contribution in [-0.2, 0) is 10.9 Å². The van der Waals surface area contributed by atoms with Gasteiger partial charge in [0.2, 0.25) is 0 Å². The molecule has 2 nitrogen and oxygen atoms in total. The molecule has 0 saturated heterocycles. The van der Waals surface area contributed by atoms with Gasteiger partial charge in [0.25, 0.3) is 0 Å². The predicted octanol–water partition coefficient (Wildman–Crippen LogP) is 4.80. The number of hydrogen-bond donors (Lipinski definition) is 0. The number of methoxy groups -OCH3 is 2. The Morgan fingerprint density at radius 1 is 0.565 bits per heavy atom. The second kappa shape index (κ2) is 7.25. The van der Waals surface area contributed by atoms with E-state index < -0.39 is 0 Å². The molecule has 0 amide bonds. The standard InChI is InChI=1S/C20H19O2S/c1-21-16-13-17(22-2)15-20(14-16)23(18-9-5-3-6-10-18)19-11-7-4-8-12-19/h3-15H,1-2H3/q+1. The van der Waals surface area contributed by atoms with Crippen LogP contribution in [0.1, 0.15) is 0 Å². The van der Waals surface area contributed by atoms with Crippen molar-refractivity contribution in [3.05, 3.63) is 78.9 Å². The van der Waals surface area contributed by atoms with Crippen molar-refractivity contribution in [3.63, 3.8) is 0 Å². The molecule has 0 spiro atoms. The molecule has 0 unspecified atom stereocenters. The lowest BCUT2D eigenvalue weighted by molar-refractivity contribution is 0.392. The van der Waals surface area contributed by atoms with Crippen molar-refractivity contribution in [1.29, 1.82) is 0 Å². The SMILES string of the molecule is COc1cc(OC)cc([S+](c2ccccc2)c2ccccc2)c1. The predicted molar refractivity (Wildman–Crippen MR) is 94.6 cm³/mol. The maximum Gasteiger partial charge on any atom is 0.173 e. The molecule has 3 rings (SSSR count). The van der Waals surface area contributed by atoms with E-state index in [1.165, 1.54) is 14.7 Å². The van der Waals surface area contributed by atoms with E-state index in [-0.39, 0.29) is 10.9 Å². The van der Waals surface area contributed by atoms with Crippen molar-refractivity contribution in [1.82, 2.24) is 0 Å². The van der Waals surface area contributed by atoms with E-state index in [4.69, 9.17) is 9.47 Å². The van der Waals surface area contributed by atoms with E-state index in [0.29, 0.717) is 0 Å². The van der Waals surface area contributed by atoms with Gasteiger partial charge < -0.3 is 9.47 Å². The number of rotatable bonds is 5. The molecule has 0 heterocycles. The minimum Gasteiger partial charge on any atom is -0.496 e. The van der Waals surface area contributed by atoms with Crippen LogP contribution in [0.5, 0.6) is 11.5 Å². The molecule has 23 heavy (non-hydrogen) atoms. The van der Waals surface area contributed by atoms with Gasteiger partial charge in [0.1, 0.15) is 11.5 Å². The average molecular weight is 323 g/mol. The minimum atomic E-state index is -0.198. The highest BCUT2D eigenvalue weighted by Gasteiger charge is 2.29. The van der Waals surface area contributed by atoms with Gasteiger partial charge in [-0.05, 0) is 24.3 Å². The zero-order valence-corrected chi connectivity index (χ0v) is 14.0. The Kier molecular flexibility index (Phi) is 4.89. The van der Waals surface area contributed by atoms with Gasteiger partial charge in [-0.3, -0.25) is 0 Å². The van der Waals surface area contributed by atoms with E-state index in [0.717, 1.165) is 11.5 Å². The van der Waals surface area contributed by atoms with Gasteiger partial charge in [0.05, 0.1) is 25.1 Å². The van der Waals surface area contributed by atoms with E-state index in [1.807, 2.05) is 18.2 Å². The van der Waals surface area contributed by atoms with Crippen LogP contribution in [0, 0.1) is 0 Å². The molecule has 0 aliphatic rings. The maximum atomic E-state index is 5.44. The molecular weight excluding hydrogens is 304 g/mol. The zero-order valence-electron chi connectivity index (χ0n) is 13.2. The first-order valence-electron chi connectivity index (χ1n) is 7.39. The van der Waals surface area contributed by atoms with Crippen LogP contribution < -0.4 is 9.47 Å². The minimum absolute atomic E-state index is 0.198. The Bertz CT molecular complexity index is 695. The second-order valence-corrected chi connectivity index (χ2v) is 7.01. The lowest BCUT2D eigenvalue weighted by atomic mass is 10.3. The average Bonchev–Trinajstić information content (AvgIpc) is 2.63. The van der Waals surface area contributed by atoms with Crippen LogP contribution in [0.4, 0.5) is 0 Å². The largest absolute Gasteiger partial charge is 0.496 e. The van der Waals surface area contributed by atoms with Gasteiger partial charge in [0, 0.05) is 18.2 Å². The maximum absolute atomic E-state index is 5.44. The van der Waals surface area contributed by atoms with Crippen LogP contribution in [0.3, 0.4) is 0 Å². The third-order valence-corrected chi connectivity index (χ3v) is 5.71. The monoisotopic (exact) mass is 323 g/mol. The molecule has 0 aromatic heterocycles. The summed E-state index contributed by atoms with van der Waals surface area (Å²) in [5.74, 6) is 1.62. The molecule has 3 heteroatoms. The third-order valence-electron chi connectivity index (χ3n) is 3.52. The van der Waals surface area contributed by atoms with Crippen LogP contribution >= 0.6 is 0 Å². The highest BCUT2D eigenvalue weighted by atomic mass is 32.2. The molecule has 116 valence electrons. The molecule has 0 saturated carbocycles. The molecule has 0 aliphatic carbocycles. The van der Waals surface area contributed by atoms with Crippen molar-refractivity contribution in [2.75, 3.05) is 14.2 Å². The van der Waals surface area contributed by atoms with Crippen LogP contribution in [-0.4, -0.2) is 14.2 Å². The highest BCUT2D eigenvalue weighted by molar-refractivity contribution is 7.97. The summed E-state index contributed by atoms with van der Waals surface area (Å²) in [6.07, 6.45) is 0. The quantitative estimate of drug-likeness (QED) is 0.628. The fourth-order valence-corrected chi connectivity index (χ4v) is 4.56. The first kappa shape index (κ1) is 15.5. The van der Waals surface area contributed by atoms with E-state index >= 15 is 0 Å². The van der Waals surface area contributed by atoms with Gasteiger partial charge in [-0.15, -0.1) is 0 Å². The van der Waals surface area contributed by atoms with Gasteiger partial charge in [-0.2, -0.15) is 0 Å². The fraction of sp³-hybridized carbons (Fsp3) is 0.100. The molecule has 3 aromatic carbocycles. The fourth-order valence-electron chi connectivity index (χ4n) is 2.42. The van der Waals surface area contributed by atoms with E-state index in [9.17, 15) is 0 Å². The van der Waals surface area contributed by atoms with Crippen molar-refractivity contribution in [2.24, 2.45) is 0 Å². The van der Waals surface area contributed by atoms with Crippen LogP contribution in [0.15, 0.2) is 93.5 Å². The molecule has 0 bridgehead atoms. The lowest BCUT2D eigenvalue weighted by Gasteiger charge is -2.11. The Labute approximate surface area is 140 Å². The van der Waals surface area contributed by atoms with Gasteiger partial charge >= 0.3 is 0 Å². The molecule has 0 radical (unpaired) electrons. The van der Waals surface area contributed by atoms with Gasteiger partial charge in [-0.25, -0.2) is 0 Å². The second-order valence-electron chi connectivity index (χ2n) is 4.98. The van der Waals surface area contributed by atoms with E-state index in [1.54, 1.807) is 14.2 Å². The van der Waals surface area contributed by atoms with Gasteiger partial charge in [0.15, 0.2) is 14.7 Å². The molecule has 0 fully saturated rings. The zero-order chi connectivity index (χ0) is 16.1. The summed E-state index contributed by atoms with van der Waals surface area (Å²) in [5.41, 5.74) is 0. The van der Waals surface area contributed by atoms with Crippen LogP contribution in [0.25, 0.3) is 0 Å². The number of hydrogen-bond acceptors (Lipinski definition) is 2. The summed E-state index contributed by atoms with van der Waals surface area (Å²) in [6.45, 7) is 0. The van der Waals surface area contributed by atoms with Crippen molar-refractivity contribution in [3.8, 4) is 11.5 Å². The Morgan fingerprint density at radius 2 is 1.00 bits per heavy atom. The molecule has 0 aliphatic heterocycles. The van der Waals surface area contributed by atoms with Crippen molar-refractivity contribution >= 4 is 10.9 Å². The summed E-state index contributed by atoms with van der Waals surface area (Å²) in [6, 6.07) is 27.2. The molecular formula is C20H19O2S+. The Balaban J connectivity index is 2.16. The molecule has 3 aromatic rings. The summed E-state index contributed by atoms with van der Waals surface area (Å²) in [4.78, 5) is 3.72. The topological polar surface area (TPSA) is 18.5 Å². The number of ether oxygens (including phenoxy) is 2. The summed E-state index contributed by atoms with van der Waals surface area (Å²) in [7, 11) is 3.17. The molecule has 0 N–H and O–H groups in total. The first-order valence-corrected chi connectivity index (χ1v) is 8.62. The molecule has 0 atom stereocenters. The van der Waals surface area contributed by atoms with Crippen molar-refractivity contribution < 1.29 is 9.47 Å². The van der Waals surface area contributed by atoms with Crippen LogP contribution in [0.2, 0.25) is 0 Å². The summed E-state index contributed by atoms with van der Waals surface area (Å²) >= 11 is 0. The summed E-state index contributed by atoms with van der Waals surface area (Å²) < 4.78 is 10.9. The number of benzene rings is 3. The highest BCUT2D eigenvalue weighted by Crippen LogP contribution is 2.35.